The van der Waals surface area contributed by atoms with Gasteiger partial charge in [-0.2, -0.15) is 0 Å². The van der Waals surface area contributed by atoms with Gasteiger partial charge in [0.2, 0.25) is 0 Å². The van der Waals surface area contributed by atoms with Crippen molar-refractivity contribution in [1.82, 2.24) is 9.47 Å². The van der Waals surface area contributed by atoms with E-state index in [1.54, 1.807) is 0 Å². The maximum absolute atomic E-state index is 13.3. The van der Waals surface area contributed by atoms with E-state index in [1.165, 1.54) is 41.3 Å². The molecule has 1 aromatic heterocycles. The van der Waals surface area contributed by atoms with Crippen LogP contribution in [0.5, 0.6) is 0 Å². The molecule has 168 valence electrons. The van der Waals surface area contributed by atoms with E-state index in [0.717, 1.165) is 19.4 Å². The van der Waals surface area contributed by atoms with Crippen molar-refractivity contribution in [2.45, 2.75) is 83.9 Å². The molecule has 5 atom stereocenters. The third-order valence-corrected chi connectivity index (χ3v) is 8.46. The zero-order valence-electron chi connectivity index (χ0n) is 19.8. The first-order valence-electron chi connectivity index (χ1n) is 12.4. The van der Waals surface area contributed by atoms with Crippen molar-refractivity contribution in [3.05, 3.63) is 35.5 Å². The van der Waals surface area contributed by atoms with Crippen molar-refractivity contribution in [1.29, 1.82) is 0 Å². The number of piperidine rings is 1. The molecule has 4 nitrogen and oxygen atoms in total. The van der Waals surface area contributed by atoms with Gasteiger partial charge in [0.1, 0.15) is 6.10 Å². The second-order valence-corrected chi connectivity index (χ2v) is 10.9. The standard InChI is InChI=1S/C27H38N2O2/c1-16(2)29-15-19-13-24-22(21-10-7-11-23(29)25(19)21)12-20(14-28(24)5)27(30)31-26-17(3)8-6-9-18(26)4/h7,10-11,15-18,20,22,24,26H,6,8-9,12-14H2,1-5H3/t17?,18?,20-,22?,24?,26?/m1/s1. The summed E-state index contributed by atoms with van der Waals surface area (Å²) in [6.45, 7) is 9.82. The van der Waals surface area contributed by atoms with E-state index in [4.69, 9.17) is 4.74 Å². The van der Waals surface area contributed by atoms with Crippen LogP contribution in [0.2, 0.25) is 0 Å². The van der Waals surface area contributed by atoms with E-state index in [1.807, 2.05) is 0 Å². The van der Waals surface area contributed by atoms with Crippen molar-refractivity contribution < 1.29 is 9.53 Å². The van der Waals surface area contributed by atoms with Crippen LogP contribution in [0.4, 0.5) is 0 Å². The predicted molar refractivity (Wildman–Crippen MR) is 125 cm³/mol. The van der Waals surface area contributed by atoms with Crippen LogP contribution in [0.25, 0.3) is 10.9 Å². The van der Waals surface area contributed by atoms with Crippen LogP contribution in [0.1, 0.15) is 76.5 Å². The molecule has 31 heavy (non-hydrogen) atoms. The summed E-state index contributed by atoms with van der Waals surface area (Å²) in [5, 5.41) is 1.44. The molecule has 5 rings (SSSR count). The third-order valence-electron chi connectivity index (χ3n) is 8.46. The Bertz CT molecular complexity index is 967. The van der Waals surface area contributed by atoms with Crippen LogP contribution < -0.4 is 0 Å². The highest BCUT2D eigenvalue weighted by Gasteiger charge is 2.43. The molecule has 2 aromatic rings. The molecule has 4 unspecified atom stereocenters. The van der Waals surface area contributed by atoms with Gasteiger partial charge in [-0.25, -0.2) is 0 Å². The van der Waals surface area contributed by atoms with Crippen molar-refractivity contribution >= 4 is 16.9 Å². The van der Waals surface area contributed by atoms with Crippen molar-refractivity contribution in [3.63, 3.8) is 0 Å². The Hall–Kier alpha value is -1.81. The zero-order valence-corrected chi connectivity index (χ0v) is 19.8. The van der Waals surface area contributed by atoms with Gasteiger partial charge in [-0.1, -0.05) is 32.4 Å². The maximum Gasteiger partial charge on any atom is 0.310 e. The van der Waals surface area contributed by atoms with E-state index >= 15 is 0 Å². The summed E-state index contributed by atoms with van der Waals surface area (Å²) < 4.78 is 8.61. The maximum atomic E-state index is 13.3. The number of benzene rings is 1. The molecule has 4 heteroatoms. The highest BCUT2D eigenvalue weighted by Crippen LogP contribution is 2.46. The Balaban J connectivity index is 1.42. The molecule has 0 spiro atoms. The average Bonchev–Trinajstić information content (AvgIpc) is 3.11. The molecule has 1 aliphatic heterocycles. The highest BCUT2D eigenvalue weighted by molar-refractivity contribution is 5.89. The number of ether oxygens (including phenoxy) is 1. The number of fused-ring (bicyclic) bond motifs is 2. The fourth-order valence-electron chi connectivity index (χ4n) is 6.79. The minimum atomic E-state index is -0.0310. The van der Waals surface area contributed by atoms with E-state index in [9.17, 15) is 4.79 Å². The topological polar surface area (TPSA) is 34.5 Å². The lowest BCUT2D eigenvalue weighted by Gasteiger charge is -2.45. The summed E-state index contributed by atoms with van der Waals surface area (Å²) in [6, 6.07) is 7.69. The Morgan fingerprint density at radius 3 is 2.61 bits per heavy atom. The summed E-state index contributed by atoms with van der Waals surface area (Å²) in [4.78, 5) is 15.7. The van der Waals surface area contributed by atoms with Gasteiger partial charge in [0.05, 0.1) is 5.92 Å². The molecule has 2 aliphatic carbocycles. The largest absolute Gasteiger partial charge is 0.462 e. The van der Waals surface area contributed by atoms with Gasteiger partial charge in [-0.05, 0) is 75.6 Å². The molecular weight excluding hydrogens is 384 g/mol. The summed E-state index contributed by atoms with van der Waals surface area (Å²) in [6.07, 6.45) is 8.06. The first kappa shape index (κ1) is 21.1. The van der Waals surface area contributed by atoms with Crippen molar-refractivity contribution in [3.8, 4) is 0 Å². The monoisotopic (exact) mass is 422 g/mol. The quantitative estimate of drug-likeness (QED) is 0.608. The fourth-order valence-corrected chi connectivity index (χ4v) is 6.79. The van der Waals surface area contributed by atoms with Gasteiger partial charge in [0.25, 0.3) is 0 Å². The molecule has 0 amide bonds. The van der Waals surface area contributed by atoms with E-state index < -0.39 is 0 Å². The minimum Gasteiger partial charge on any atom is -0.462 e. The van der Waals surface area contributed by atoms with E-state index in [2.05, 4.69) is 68.6 Å². The molecule has 1 aromatic carbocycles. The lowest BCUT2D eigenvalue weighted by Crippen LogP contribution is -2.50. The number of hydrogen-bond donors (Lipinski definition) is 0. The number of esters is 1. The van der Waals surface area contributed by atoms with Gasteiger partial charge in [0, 0.05) is 41.6 Å². The number of carbonyl (C=O) groups is 1. The average molecular weight is 423 g/mol. The van der Waals surface area contributed by atoms with Crippen LogP contribution in [0.3, 0.4) is 0 Å². The molecule has 3 aliphatic rings. The molecule has 2 heterocycles. The fraction of sp³-hybridized carbons (Fsp3) is 0.667. The summed E-state index contributed by atoms with van der Waals surface area (Å²) >= 11 is 0. The number of carbonyl (C=O) groups excluding carboxylic acids is 1. The SMILES string of the molecule is CC1CCCC(C)C1OC(=O)[C@@H]1CC2c3cccc4c3c(cn4C(C)C)CC2N(C)C1. The second kappa shape index (κ2) is 7.95. The Morgan fingerprint density at radius 1 is 1.16 bits per heavy atom. The van der Waals surface area contributed by atoms with Crippen LogP contribution in [0, 0.1) is 17.8 Å². The summed E-state index contributed by atoms with van der Waals surface area (Å²) in [5.41, 5.74) is 4.25. The molecule has 1 saturated carbocycles. The number of likely N-dealkylation sites (N-methyl/N-ethyl adjacent to an activating group) is 1. The minimum absolute atomic E-state index is 0.0310. The number of nitrogens with zero attached hydrogens (tertiary/aromatic N) is 2. The summed E-state index contributed by atoms with van der Waals surface area (Å²) in [5.74, 6) is 1.36. The molecule has 1 saturated heterocycles. The first-order chi connectivity index (χ1) is 14.8. The lowest BCUT2D eigenvalue weighted by atomic mass is 9.72. The molecule has 0 bridgehead atoms. The van der Waals surface area contributed by atoms with E-state index in [0.29, 0.717) is 29.8 Å². The smallest absolute Gasteiger partial charge is 0.310 e. The highest BCUT2D eigenvalue weighted by atomic mass is 16.5. The van der Waals surface area contributed by atoms with Crippen molar-refractivity contribution in [2.75, 3.05) is 13.6 Å². The first-order valence-corrected chi connectivity index (χ1v) is 12.4. The van der Waals surface area contributed by atoms with Crippen LogP contribution in [-0.4, -0.2) is 41.2 Å². The van der Waals surface area contributed by atoms with Gasteiger partial charge >= 0.3 is 5.97 Å². The Kier molecular flexibility index (Phi) is 5.40. The second-order valence-electron chi connectivity index (χ2n) is 10.9. The summed E-state index contributed by atoms with van der Waals surface area (Å²) in [7, 11) is 2.20. The van der Waals surface area contributed by atoms with Crippen LogP contribution in [-0.2, 0) is 16.0 Å². The molecule has 0 radical (unpaired) electrons. The molecular formula is C27H38N2O2. The van der Waals surface area contributed by atoms with Gasteiger partial charge in [-0.3, -0.25) is 4.79 Å². The molecule has 2 fully saturated rings. The van der Waals surface area contributed by atoms with Crippen LogP contribution in [0.15, 0.2) is 24.4 Å². The molecule has 0 N–H and O–H groups in total. The predicted octanol–water partition coefficient (Wildman–Crippen LogP) is 5.55. The van der Waals surface area contributed by atoms with Gasteiger partial charge < -0.3 is 14.2 Å². The normalized spacial score (nSPS) is 33.5. The Morgan fingerprint density at radius 2 is 1.90 bits per heavy atom. The third kappa shape index (κ3) is 3.51. The van der Waals surface area contributed by atoms with Crippen LogP contribution >= 0.6 is 0 Å². The number of likely N-dealkylation sites (tertiary alicyclic amines) is 1. The van der Waals surface area contributed by atoms with Crippen molar-refractivity contribution in [2.24, 2.45) is 17.8 Å². The number of hydrogen-bond acceptors (Lipinski definition) is 3. The van der Waals surface area contributed by atoms with Gasteiger partial charge in [-0.15, -0.1) is 0 Å². The van der Waals surface area contributed by atoms with E-state index in [-0.39, 0.29) is 18.0 Å². The lowest BCUT2D eigenvalue weighted by molar-refractivity contribution is -0.164. The van der Waals surface area contributed by atoms with Gasteiger partial charge in [0.15, 0.2) is 0 Å². The number of rotatable bonds is 3. The number of aromatic nitrogens is 1. The Labute approximate surface area is 186 Å². The zero-order chi connectivity index (χ0) is 21.9.